The number of carbonyl (C=O) groups is 4. The summed E-state index contributed by atoms with van der Waals surface area (Å²) in [4.78, 5) is 57.7. The fourth-order valence-electron chi connectivity index (χ4n) is 4.60. The number of rotatable bonds is 8. The molecule has 206 valence electrons. The van der Waals surface area contributed by atoms with Crippen LogP contribution in [0.3, 0.4) is 0 Å². The number of piperazine rings is 1. The molecule has 0 unspecified atom stereocenters. The summed E-state index contributed by atoms with van der Waals surface area (Å²) in [5.41, 5.74) is 2.05. The predicted molar refractivity (Wildman–Crippen MR) is 147 cm³/mol. The standard InChI is InChI=1S/C29H27ClN4O6/c30-21-9-7-19(8-10-21)27(36)32-24(16-20-17-31-23-5-2-1-4-22(20)23)29(38)40-18-26(35)33-11-13-34(14-12-33)28(37)25-6-3-15-39-25/h1-10,15,17,24,31H,11-14,16,18H2,(H,32,36)/t24-/m1/s1. The number of nitrogens with one attached hydrogen (secondary N) is 2. The molecule has 0 bridgehead atoms. The van der Waals surface area contributed by atoms with E-state index in [-0.39, 0.29) is 24.0 Å². The van der Waals surface area contributed by atoms with Gasteiger partial charge in [0.25, 0.3) is 17.7 Å². The Balaban J connectivity index is 1.21. The third-order valence-corrected chi connectivity index (χ3v) is 7.04. The molecule has 0 saturated carbocycles. The van der Waals surface area contributed by atoms with Gasteiger partial charge in [0.1, 0.15) is 6.04 Å². The van der Waals surface area contributed by atoms with Gasteiger partial charge in [-0.25, -0.2) is 4.79 Å². The van der Waals surface area contributed by atoms with Crippen LogP contribution in [0.15, 0.2) is 77.5 Å². The highest BCUT2D eigenvalue weighted by molar-refractivity contribution is 6.30. The van der Waals surface area contributed by atoms with Crippen molar-refractivity contribution < 1.29 is 28.3 Å². The third-order valence-electron chi connectivity index (χ3n) is 6.78. The summed E-state index contributed by atoms with van der Waals surface area (Å²) in [5.74, 6) is -1.57. The van der Waals surface area contributed by atoms with E-state index in [4.69, 9.17) is 20.8 Å². The van der Waals surface area contributed by atoms with Gasteiger partial charge in [-0.15, -0.1) is 0 Å². The van der Waals surface area contributed by atoms with Crippen molar-refractivity contribution in [3.63, 3.8) is 0 Å². The Bertz CT molecular complexity index is 1510. The lowest BCUT2D eigenvalue weighted by atomic mass is 10.0. The number of esters is 1. The molecule has 1 aliphatic heterocycles. The van der Waals surface area contributed by atoms with E-state index in [0.29, 0.717) is 36.8 Å². The molecule has 1 atom stereocenters. The summed E-state index contributed by atoms with van der Waals surface area (Å²) >= 11 is 5.94. The fraction of sp³-hybridized carbons (Fsp3) is 0.241. The van der Waals surface area contributed by atoms with Crippen LogP contribution in [0.5, 0.6) is 0 Å². The van der Waals surface area contributed by atoms with Gasteiger partial charge in [-0.2, -0.15) is 0 Å². The largest absolute Gasteiger partial charge is 0.459 e. The molecule has 5 rings (SSSR count). The quantitative estimate of drug-likeness (QED) is 0.318. The molecular weight excluding hydrogens is 536 g/mol. The summed E-state index contributed by atoms with van der Waals surface area (Å²) in [5, 5.41) is 4.14. The van der Waals surface area contributed by atoms with Crippen LogP contribution in [0.25, 0.3) is 10.9 Å². The average Bonchev–Trinajstić information content (AvgIpc) is 3.66. The summed E-state index contributed by atoms with van der Waals surface area (Å²) < 4.78 is 10.6. The van der Waals surface area contributed by atoms with Gasteiger partial charge in [-0.1, -0.05) is 29.8 Å². The Labute approximate surface area is 234 Å². The molecule has 10 nitrogen and oxygen atoms in total. The number of ether oxygens (including phenoxy) is 1. The van der Waals surface area contributed by atoms with Crippen LogP contribution in [-0.4, -0.2) is 77.3 Å². The molecule has 1 saturated heterocycles. The van der Waals surface area contributed by atoms with E-state index in [0.717, 1.165) is 16.5 Å². The number of furan rings is 1. The number of para-hydroxylation sites is 1. The topological polar surface area (TPSA) is 125 Å². The number of carbonyl (C=O) groups excluding carboxylic acids is 4. The molecule has 0 radical (unpaired) electrons. The number of aromatic amines is 1. The van der Waals surface area contributed by atoms with Crippen molar-refractivity contribution in [2.45, 2.75) is 12.5 Å². The number of H-pyrrole nitrogens is 1. The molecule has 2 aromatic carbocycles. The molecule has 40 heavy (non-hydrogen) atoms. The van der Waals surface area contributed by atoms with Crippen molar-refractivity contribution in [1.82, 2.24) is 20.1 Å². The Kier molecular flexibility index (Phi) is 8.16. The number of benzene rings is 2. The lowest BCUT2D eigenvalue weighted by molar-refractivity contribution is -0.154. The minimum Gasteiger partial charge on any atom is -0.459 e. The van der Waals surface area contributed by atoms with Gasteiger partial charge < -0.3 is 29.3 Å². The number of nitrogens with zero attached hydrogens (tertiary/aromatic N) is 2. The number of amides is 3. The molecule has 2 N–H and O–H groups in total. The summed E-state index contributed by atoms with van der Waals surface area (Å²) in [6, 6.07) is 16.1. The van der Waals surface area contributed by atoms with E-state index in [2.05, 4.69) is 10.3 Å². The Morgan fingerprint density at radius 3 is 2.40 bits per heavy atom. The highest BCUT2D eigenvalue weighted by Gasteiger charge is 2.29. The second kappa shape index (κ2) is 12.1. The van der Waals surface area contributed by atoms with E-state index in [1.54, 1.807) is 52.4 Å². The van der Waals surface area contributed by atoms with Crippen LogP contribution in [0.4, 0.5) is 0 Å². The summed E-state index contributed by atoms with van der Waals surface area (Å²) in [6.45, 7) is 0.787. The first-order valence-corrected chi connectivity index (χ1v) is 13.2. The van der Waals surface area contributed by atoms with Crippen LogP contribution >= 0.6 is 11.6 Å². The Hall–Kier alpha value is -4.57. The van der Waals surface area contributed by atoms with Crippen molar-refractivity contribution in [2.75, 3.05) is 32.8 Å². The maximum Gasteiger partial charge on any atom is 0.329 e. The Morgan fingerprint density at radius 1 is 0.950 bits per heavy atom. The van der Waals surface area contributed by atoms with Crippen molar-refractivity contribution in [2.24, 2.45) is 0 Å². The van der Waals surface area contributed by atoms with Gasteiger partial charge in [0, 0.05) is 60.3 Å². The van der Waals surface area contributed by atoms with Gasteiger partial charge in [-0.05, 0) is 48.0 Å². The number of aromatic nitrogens is 1. The summed E-state index contributed by atoms with van der Waals surface area (Å²) in [7, 11) is 0. The predicted octanol–water partition coefficient (Wildman–Crippen LogP) is 3.28. The zero-order valence-corrected chi connectivity index (χ0v) is 22.2. The van der Waals surface area contributed by atoms with Crippen LogP contribution < -0.4 is 5.32 Å². The Morgan fingerprint density at radius 2 is 1.68 bits per heavy atom. The first kappa shape index (κ1) is 27.0. The first-order valence-electron chi connectivity index (χ1n) is 12.8. The average molecular weight is 563 g/mol. The zero-order chi connectivity index (χ0) is 28.1. The molecule has 1 aliphatic rings. The van der Waals surface area contributed by atoms with E-state index in [1.165, 1.54) is 6.26 Å². The molecular formula is C29H27ClN4O6. The van der Waals surface area contributed by atoms with Crippen LogP contribution in [0.2, 0.25) is 5.02 Å². The van der Waals surface area contributed by atoms with Crippen molar-refractivity contribution in [1.29, 1.82) is 0 Å². The molecule has 11 heteroatoms. The first-order chi connectivity index (χ1) is 19.4. The van der Waals surface area contributed by atoms with Gasteiger partial charge in [0.15, 0.2) is 12.4 Å². The highest BCUT2D eigenvalue weighted by atomic mass is 35.5. The summed E-state index contributed by atoms with van der Waals surface area (Å²) in [6.07, 6.45) is 3.38. The van der Waals surface area contributed by atoms with Gasteiger partial charge in [0.2, 0.25) is 0 Å². The highest BCUT2D eigenvalue weighted by Crippen LogP contribution is 2.20. The molecule has 3 heterocycles. The van der Waals surface area contributed by atoms with Gasteiger partial charge >= 0.3 is 5.97 Å². The number of fused-ring (bicyclic) bond motifs is 1. The van der Waals surface area contributed by atoms with Crippen molar-refractivity contribution in [3.05, 3.63) is 95.0 Å². The second-order valence-electron chi connectivity index (χ2n) is 9.35. The number of hydrogen-bond acceptors (Lipinski definition) is 6. The maximum atomic E-state index is 13.2. The van der Waals surface area contributed by atoms with Crippen LogP contribution in [0, 0.1) is 0 Å². The van der Waals surface area contributed by atoms with Gasteiger partial charge in [0.05, 0.1) is 6.26 Å². The van der Waals surface area contributed by atoms with Crippen molar-refractivity contribution >= 4 is 46.2 Å². The molecule has 3 amide bonds. The molecule has 0 aliphatic carbocycles. The molecule has 1 fully saturated rings. The smallest absolute Gasteiger partial charge is 0.329 e. The van der Waals surface area contributed by atoms with E-state index in [1.807, 2.05) is 24.3 Å². The number of hydrogen-bond donors (Lipinski definition) is 2. The molecule has 0 spiro atoms. The minimum atomic E-state index is -1.04. The SMILES string of the molecule is O=C(N[C@H](Cc1c[nH]c2ccccc12)C(=O)OCC(=O)N1CCN(C(=O)c2ccco2)CC1)c1ccc(Cl)cc1. The van der Waals surface area contributed by atoms with E-state index in [9.17, 15) is 19.2 Å². The monoisotopic (exact) mass is 562 g/mol. The van der Waals surface area contributed by atoms with Crippen molar-refractivity contribution in [3.8, 4) is 0 Å². The minimum absolute atomic E-state index is 0.157. The lowest BCUT2D eigenvalue weighted by Crippen LogP contribution is -2.52. The zero-order valence-electron chi connectivity index (χ0n) is 21.5. The van der Waals surface area contributed by atoms with Crippen LogP contribution in [0.1, 0.15) is 26.5 Å². The maximum absolute atomic E-state index is 13.2. The third kappa shape index (κ3) is 6.18. The fourth-order valence-corrected chi connectivity index (χ4v) is 4.72. The van der Waals surface area contributed by atoms with Gasteiger partial charge in [-0.3, -0.25) is 14.4 Å². The van der Waals surface area contributed by atoms with E-state index >= 15 is 0 Å². The van der Waals surface area contributed by atoms with E-state index < -0.39 is 24.5 Å². The normalized spacial score (nSPS) is 14.1. The number of halogens is 1. The van der Waals surface area contributed by atoms with Crippen LogP contribution in [-0.2, 0) is 20.7 Å². The molecule has 4 aromatic rings. The second-order valence-corrected chi connectivity index (χ2v) is 9.79. The molecule has 2 aromatic heterocycles. The lowest BCUT2D eigenvalue weighted by Gasteiger charge is -2.34.